The minimum atomic E-state index is -2.94. The van der Waals surface area contributed by atoms with Gasteiger partial charge in [-0.1, -0.05) is 23.7 Å². The smallest absolute Gasteiger partial charge is 0.387 e. The number of nitrogens with zero attached hydrogens (tertiary/aromatic N) is 2. The molecule has 1 heterocycles. The molecule has 1 amide bonds. The van der Waals surface area contributed by atoms with Gasteiger partial charge in [-0.05, 0) is 42.0 Å². The normalized spacial score (nSPS) is 10.9. The first-order valence-corrected chi connectivity index (χ1v) is 8.12. The predicted molar refractivity (Wildman–Crippen MR) is 93.8 cm³/mol. The Morgan fingerprint density at radius 3 is 2.63 bits per heavy atom. The number of carbonyl (C=O) groups excluding carboxylic acids is 1. The molecule has 1 aromatic heterocycles. The SMILES string of the molecule is O=C(Nc1nn(Cc2cccc(F)c2)cc1Cl)c1ccc(OC(F)F)cc1. The molecule has 5 nitrogen and oxygen atoms in total. The standard InChI is InChI=1S/C18H13ClF3N3O2/c19-15-10-25(9-11-2-1-3-13(20)8-11)24-16(15)23-17(26)12-4-6-14(7-5-12)27-18(21)22/h1-8,10,18H,9H2,(H,23,24,26). The lowest BCUT2D eigenvalue weighted by Gasteiger charge is -2.06. The second-order valence-corrected chi connectivity index (χ2v) is 5.92. The van der Waals surface area contributed by atoms with Crippen LogP contribution in [0.1, 0.15) is 15.9 Å². The molecule has 0 aliphatic carbocycles. The first kappa shape index (κ1) is 18.8. The Balaban J connectivity index is 1.68. The van der Waals surface area contributed by atoms with Crippen molar-refractivity contribution in [2.75, 3.05) is 5.32 Å². The fraction of sp³-hybridized carbons (Fsp3) is 0.111. The fourth-order valence-electron chi connectivity index (χ4n) is 2.35. The Labute approximate surface area is 157 Å². The maximum absolute atomic E-state index is 13.2. The van der Waals surface area contributed by atoms with Gasteiger partial charge in [0.1, 0.15) is 16.6 Å². The van der Waals surface area contributed by atoms with Gasteiger partial charge in [-0.15, -0.1) is 0 Å². The number of benzene rings is 2. The molecule has 3 aromatic rings. The van der Waals surface area contributed by atoms with Crippen molar-refractivity contribution in [3.8, 4) is 5.75 Å². The van der Waals surface area contributed by atoms with Crippen LogP contribution in [-0.2, 0) is 6.54 Å². The minimum absolute atomic E-state index is 0.0565. The van der Waals surface area contributed by atoms with E-state index in [0.29, 0.717) is 5.56 Å². The quantitative estimate of drug-likeness (QED) is 0.664. The lowest BCUT2D eigenvalue weighted by molar-refractivity contribution is -0.0498. The summed E-state index contributed by atoms with van der Waals surface area (Å²) in [6, 6.07) is 11.2. The number of anilines is 1. The van der Waals surface area contributed by atoms with Crippen molar-refractivity contribution in [1.82, 2.24) is 9.78 Å². The Bertz CT molecular complexity index is 945. The molecule has 0 saturated carbocycles. The largest absolute Gasteiger partial charge is 0.435 e. The van der Waals surface area contributed by atoms with E-state index in [1.807, 2.05) is 0 Å². The van der Waals surface area contributed by atoms with Crippen molar-refractivity contribution in [2.45, 2.75) is 13.2 Å². The van der Waals surface area contributed by atoms with Crippen LogP contribution in [0.4, 0.5) is 19.0 Å². The highest BCUT2D eigenvalue weighted by molar-refractivity contribution is 6.33. The van der Waals surface area contributed by atoms with Crippen molar-refractivity contribution in [3.05, 3.63) is 76.7 Å². The summed E-state index contributed by atoms with van der Waals surface area (Å²) in [6.07, 6.45) is 1.50. The Kier molecular flexibility index (Phi) is 5.66. The van der Waals surface area contributed by atoms with E-state index in [2.05, 4.69) is 15.2 Å². The van der Waals surface area contributed by atoms with E-state index >= 15 is 0 Å². The molecule has 27 heavy (non-hydrogen) atoms. The van der Waals surface area contributed by atoms with Gasteiger partial charge in [-0.2, -0.15) is 13.9 Å². The molecule has 0 unspecified atom stereocenters. The van der Waals surface area contributed by atoms with Crippen molar-refractivity contribution < 1.29 is 22.7 Å². The van der Waals surface area contributed by atoms with Crippen LogP contribution in [0.3, 0.4) is 0 Å². The average Bonchev–Trinajstić information content (AvgIpc) is 2.94. The summed E-state index contributed by atoms with van der Waals surface area (Å²) in [5, 5.41) is 6.91. The number of alkyl halides is 2. The minimum Gasteiger partial charge on any atom is -0.435 e. The van der Waals surface area contributed by atoms with E-state index in [1.54, 1.807) is 12.1 Å². The van der Waals surface area contributed by atoms with Gasteiger partial charge < -0.3 is 10.1 Å². The molecule has 0 radical (unpaired) electrons. The van der Waals surface area contributed by atoms with Gasteiger partial charge in [-0.3, -0.25) is 9.48 Å². The summed E-state index contributed by atoms with van der Waals surface area (Å²) in [6.45, 7) is -2.67. The molecule has 0 spiro atoms. The summed E-state index contributed by atoms with van der Waals surface area (Å²) >= 11 is 6.08. The molecule has 1 N–H and O–H groups in total. The van der Waals surface area contributed by atoms with Crippen LogP contribution in [0.25, 0.3) is 0 Å². The van der Waals surface area contributed by atoms with Crippen LogP contribution in [0.15, 0.2) is 54.7 Å². The zero-order valence-corrected chi connectivity index (χ0v) is 14.5. The molecular weight excluding hydrogens is 383 g/mol. The third kappa shape index (κ3) is 5.01. The van der Waals surface area contributed by atoms with Crippen LogP contribution in [-0.4, -0.2) is 22.3 Å². The number of nitrogens with one attached hydrogen (secondary N) is 1. The van der Waals surface area contributed by atoms with Crippen molar-refractivity contribution in [1.29, 1.82) is 0 Å². The second-order valence-electron chi connectivity index (χ2n) is 5.51. The summed E-state index contributed by atoms with van der Waals surface area (Å²) in [7, 11) is 0. The zero-order chi connectivity index (χ0) is 19.4. The number of halogens is 4. The van der Waals surface area contributed by atoms with E-state index in [4.69, 9.17) is 11.6 Å². The number of rotatable bonds is 6. The lowest BCUT2D eigenvalue weighted by Crippen LogP contribution is -2.13. The summed E-state index contributed by atoms with van der Waals surface area (Å²) in [5.74, 6) is -0.806. The Morgan fingerprint density at radius 2 is 1.96 bits per heavy atom. The number of aromatic nitrogens is 2. The highest BCUT2D eigenvalue weighted by Gasteiger charge is 2.13. The summed E-state index contributed by atoms with van der Waals surface area (Å²) < 4.78 is 43.2. The lowest BCUT2D eigenvalue weighted by atomic mass is 10.2. The molecule has 0 aliphatic rings. The van der Waals surface area contributed by atoms with Gasteiger partial charge in [0.2, 0.25) is 0 Å². The van der Waals surface area contributed by atoms with Crippen LogP contribution in [0.5, 0.6) is 5.75 Å². The van der Waals surface area contributed by atoms with Gasteiger partial charge in [0.25, 0.3) is 5.91 Å². The van der Waals surface area contributed by atoms with Crippen molar-refractivity contribution in [2.24, 2.45) is 0 Å². The summed E-state index contributed by atoms with van der Waals surface area (Å²) in [5.41, 5.74) is 0.897. The second kappa shape index (κ2) is 8.13. The van der Waals surface area contributed by atoms with Crippen molar-refractivity contribution in [3.63, 3.8) is 0 Å². The van der Waals surface area contributed by atoms with Crippen LogP contribution >= 0.6 is 11.6 Å². The van der Waals surface area contributed by atoms with Gasteiger partial charge in [-0.25, -0.2) is 4.39 Å². The maximum Gasteiger partial charge on any atom is 0.387 e. The Morgan fingerprint density at radius 1 is 1.22 bits per heavy atom. The fourth-order valence-corrected chi connectivity index (χ4v) is 2.55. The monoisotopic (exact) mass is 395 g/mol. The van der Waals surface area contributed by atoms with E-state index < -0.39 is 12.5 Å². The number of amides is 1. The molecule has 0 aliphatic heterocycles. The molecule has 9 heteroatoms. The highest BCUT2D eigenvalue weighted by atomic mass is 35.5. The molecule has 140 valence electrons. The molecular formula is C18H13ClF3N3O2. The molecule has 0 bridgehead atoms. The van der Waals surface area contributed by atoms with E-state index in [-0.39, 0.29) is 34.5 Å². The zero-order valence-electron chi connectivity index (χ0n) is 13.7. The van der Waals surface area contributed by atoms with E-state index in [1.165, 1.54) is 47.3 Å². The van der Waals surface area contributed by atoms with Gasteiger partial charge in [0.05, 0.1) is 6.54 Å². The number of ether oxygens (including phenoxy) is 1. The number of carbonyl (C=O) groups is 1. The third-order valence-corrected chi connectivity index (χ3v) is 3.80. The topological polar surface area (TPSA) is 56.2 Å². The molecule has 0 saturated heterocycles. The van der Waals surface area contributed by atoms with Gasteiger partial charge in [0.15, 0.2) is 5.82 Å². The summed E-state index contributed by atoms with van der Waals surface area (Å²) in [4.78, 5) is 12.3. The molecule has 2 aromatic carbocycles. The van der Waals surface area contributed by atoms with Crippen LogP contribution in [0.2, 0.25) is 5.02 Å². The molecule has 3 rings (SSSR count). The predicted octanol–water partition coefficient (Wildman–Crippen LogP) is 4.58. The van der Waals surface area contributed by atoms with E-state index in [0.717, 1.165) is 0 Å². The first-order valence-electron chi connectivity index (χ1n) is 7.74. The third-order valence-electron chi connectivity index (χ3n) is 3.52. The van der Waals surface area contributed by atoms with Gasteiger partial charge >= 0.3 is 6.61 Å². The molecule has 0 fully saturated rings. The molecule has 0 atom stereocenters. The highest BCUT2D eigenvalue weighted by Crippen LogP contribution is 2.22. The first-order chi connectivity index (χ1) is 12.9. The van der Waals surface area contributed by atoms with Crippen LogP contribution in [0, 0.1) is 5.82 Å². The average molecular weight is 396 g/mol. The van der Waals surface area contributed by atoms with Crippen molar-refractivity contribution >= 4 is 23.3 Å². The number of hydrogen-bond acceptors (Lipinski definition) is 3. The van der Waals surface area contributed by atoms with E-state index in [9.17, 15) is 18.0 Å². The Hall–Kier alpha value is -3.00. The van der Waals surface area contributed by atoms with Gasteiger partial charge in [0, 0.05) is 11.8 Å². The number of hydrogen-bond donors (Lipinski definition) is 1. The van der Waals surface area contributed by atoms with Crippen LogP contribution < -0.4 is 10.1 Å². The maximum atomic E-state index is 13.2.